The molecule has 0 aromatic heterocycles. The number of rotatable bonds is 17. The average Bonchev–Trinajstić information content (AvgIpc) is 3.08. The minimum Gasteiger partial charge on any atom is -0.374 e. The van der Waals surface area contributed by atoms with Crippen LogP contribution < -0.4 is 5.73 Å². The van der Waals surface area contributed by atoms with E-state index in [4.69, 9.17) is 34.2 Å². The van der Waals surface area contributed by atoms with Crippen molar-refractivity contribution in [3.63, 3.8) is 0 Å². The predicted molar refractivity (Wildman–Crippen MR) is 169 cm³/mol. The molecule has 44 heavy (non-hydrogen) atoms. The summed E-state index contributed by atoms with van der Waals surface area (Å²) in [5, 5.41) is 0. The lowest BCUT2D eigenvalue weighted by Gasteiger charge is -2.46. The van der Waals surface area contributed by atoms with Gasteiger partial charge in [-0.1, -0.05) is 121 Å². The molecule has 0 saturated carbocycles. The van der Waals surface area contributed by atoms with Crippen molar-refractivity contribution in [3.05, 3.63) is 144 Å². The Balaban J connectivity index is 1.41. The summed E-state index contributed by atoms with van der Waals surface area (Å²) in [6.45, 7) is 2.84. The second kappa shape index (κ2) is 17.8. The monoisotopic (exact) mass is 597 g/mol. The highest BCUT2D eigenvalue weighted by molar-refractivity contribution is 5.16. The van der Waals surface area contributed by atoms with Gasteiger partial charge in [0.2, 0.25) is 0 Å². The summed E-state index contributed by atoms with van der Waals surface area (Å²) in [6, 6.07) is 40.4. The molecule has 0 amide bonds. The lowest BCUT2D eigenvalue weighted by Crippen LogP contribution is -2.61. The van der Waals surface area contributed by atoms with Crippen LogP contribution >= 0.6 is 0 Å². The lowest BCUT2D eigenvalue weighted by atomic mass is 9.97. The van der Waals surface area contributed by atoms with Gasteiger partial charge in [-0.05, 0) is 35.2 Å². The van der Waals surface area contributed by atoms with Gasteiger partial charge in [-0.2, -0.15) is 0 Å². The maximum atomic E-state index is 6.71. The number of hydrogen-bond donors (Lipinski definition) is 1. The second-order valence-electron chi connectivity index (χ2n) is 10.8. The molecule has 0 bridgehead atoms. The Morgan fingerprint density at radius 2 is 0.932 bits per heavy atom. The van der Waals surface area contributed by atoms with Gasteiger partial charge in [-0.15, -0.1) is 0 Å². The summed E-state index contributed by atoms with van der Waals surface area (Å²) in [7, 11) is 0. The van der Waals surface area contributed by atoms with Gasteiger partial charge in [0.05, 0.1) is 39.6 Å². The summed E-state index contributed by atoms with van der Waals surface area (Å²) in [4.78, 5) is 0. The fourth-order valence-corrected chi connectivity index (χ4v) is 5.16. The van der Waals surface area contributed by atoms with Gasteiger partial charge in [0.15, 0.2) is 6.29 Å². The Morgan fingerprint density at radius 1 is 0.500 bits per heavy atom. The minimum absolute atomic E-state index is 0.293. The van der Waals surface area contributed by atoms with E-state index in [2.05, 4.69) is 12.1 Å². The van der Waals surface area contributed by atoms with Crippen molar-refractivity contribution in [1.29, 1.82) is 0 Å². The zero-order valence-corrected chi connectivity index (χ0v) is 25.1. The molecule has 0 radical (unpaired) electrons. The third-order valence-electron chi connectivity index (χ3n) is 7.47. The first-order valence-electron chi connectivity index (χ1n) is 15.4. The van der Waals surface area contributed by atoms with Crippen LogP contribution in [-0.2, 0) is 54.8 Å². The van der Waals surface area contributed by atoms with Crippen LogP contribution in [0.1, 0.15) is 28.7 Å². The van der Waals surface area contributed by atoms with Gasteiger partial charge in [-0.3, -0.25) is 0 Å². The van der Waals surface area contributed by atoms with Gasteiger partial charge in [-0.25, -0.2) is 0 Å². The summed E-state index contributed by atoms with van der Waals surface area (Å²) in [5.74, 6) is 0. The first-order chi connectivity index (χ1) is 21.8. The van der Waals surface area contributed by atoms with Crippen LogP contribution in [0.4, 0.5) is 0 Å². The van der Waals surface area contributed by atoms with Crippen LogP contribution in [0.3, 0.4) is 0 Å². The zero-order chi connectivity index (χ0) is 30.2. The molecule has 0 aliphatic carbocycles. The molecule has 5 atom stereocenters. The van der Waals surface area contributed by atoms with Crippen LogP contribution in [0.2, 0.25) is 0 Å². The topological polar surface area (TPSA) is 81.4 Å². The maximum absolute atomic E-state index is 6.71. The van der Waals surface area contributed by atoms with E-state index < -0.39 is 30.7 Å². The minimum atomic E-state index is -0.701. The van der Waals surface area contributed by atoms with Crippen molar-refractivity contribution in [3.8, 4) is 0 Å². The summed E-state index contributed by atoms with van der Waals surface area (Å²) in [6.07, 6.45) is -2.04. The van der Waals surface area contributed by atoms with Gasteiger partial charge < -0.3 is 34.2 Å². The molecule has 2 N–H and O–H groups in total. The molecule has 2 unspecified atom stereocenters. The van der Waals surface area contributed by atoms with E-state index in [9.17, 15) is 0 Å². The SMILES string of the molecule is NCCCOC1OC(COCc2ccccc2)[C@H](OCc2ccccc2)[C@H](OCc2ccccc2)[C@H]1OCc1ccccc1. The van der Waals surface area contributed by atoms with E-state index in [-0.39, 0.29) is 0 Å². The highest BCUT2D eigenvalue weighted by atomic mass is 16.7. The van der Waals surface area contributed by atoms with Crippen molar-refractivity contribution in [1.82, 2.24) is 0 Å². The van der Waals surface area contributed by atoms with Crippen LogP contribution in [0, 0.1) is 0 Å². The first-order valence-corrected chi connectivity index (χ1v) is 15.4. The van der Waals surface area contributed by atoms with Gasteiger partial charge in [0, 0.05) is 0 Å². The van der Waals surface area contributed by atoms with Gasteiger partial charge in [0.25, 0.3) is 0 Å². The normalized spacial score (nSPS) is 21.7. The number of benzene rings is 4. The quantitative estimate of drug-likeness (QED) is 0.148. The van der Waals surface area contributed by atoms with Crippen LogP contribution in [0.5, 0.6) is 0 Å². The van der Waals surface area contributed by atoms with Crippen molar-refractivity contribution in [2.24, 2.45) is 5.73 Å². The molecule has 0 spiro atoms. The number of nitrogens with two attached hydrogens (primary N) is 1. The molecule has 232 valence electrons. The molecule has 1 saturated heterocycles. The predicted octanol–water partition coefficient (Wildman–Crippen LogP) is 6.05. The van der Waals surface area contributed by atoms with E-state index in [1.807, 2.05) is 109 Å². The van der Waals surface area contributed by atoms with E-state index >= 15 is 0 Å². The van der Waals surface area contributed by atoms with Crippen LogP contribution in [-0.4, -0.2) is 50.5 Å². The number of hydrogen-bond acceptors (Lipinski definition) is 7. The second-order valence-corrected chi connectivity index (χ2v) is 10.8. The van der Waals surface area contributed by atoms with E-state index in [0.717, 1.165) is 22.3 Å². The van der Waals surface area contributed by atoms with E-state index in [0.29, 0.717) is 52.6 Å². The van der Waals surface area contributed by atoms with E-state index in [1.54, 1.807) is 0 Å². The zero-order valence-electron chi connectivity index (χ0n) is 25.1. The first kappa shape index (κ1) is 32.0. The standard InChI is InChI=1S/C37H43NO6/c38-22-13-23-40-37-36(43-27-32-20-11-4-12-21-32)35(42-26-31-18-9-3-10-19-31)34(41-25-30-16-7-2-8-17-30)33(44-37)28-39-24-29-14-5-1-6-15-29/h1-12,14-21,33-37H,13,22-28,38H2/t33?,34-,35-,36+,37?/m0/s1. The highest BCUT2D eigenvalue weighted by Crippen LogP contribution is 2.31. The summed E-state index contributed by atoms with van der Waals surface area (Å²) in [5.41, 5.74) is 10.0. The Kier molecular flexibility index (Phi) is 12.9. The fourth-order valence-electron chi connectivity index (χ4n) is 5.16. The molecule has 4 aromatic carbocycles. The fraction of sp³-hybridized carbons (Fsp3) is 0.351. The molecular formula is C37H43NO6. The maximum Gasteiger partial charge on any atom is 0.186 e. The lowest BCUT2D eigenvalue weighted by molar-refractivity contribution is -0.328. The third kappa shape index (κ3) is 9.81. The smallest absolute Gasteiger partial charge is 0.186 e. The average molecular weight is 598 g/mol. The molecule has 5 rings (SSSR count). The molecule has 1 aliphatic rings. The van der Waals surface area contributed by atoms with Crippen LogP contribution in [0.15, 0.2) is 121 Å². The van der Waals surface area contributed by atoms with Gasteiger partial charge >= 0.3 is 0 Å². The summed E-state index contributed by atoms with van der Waals surface area (Å²) >= 11 is 0. The molecule has 1 heterocycles. The molecule has 7 nitrogen and oxygen atoms in total. The number of ether oxygens (including phenoxy) is 6. The Labute approximate surface area is 260 Å². The highest BCUT2D eigenvalue weighted by Gasteiger charge is 2.49. The Bertz CT molecular complexity index is 1310. The Morgan fingerprint density at radius 3 is 1.41 bits per heavy atom. The molecule has 7 heteroatoms. The molecule has 1 fully saturated rings. The van der Waals surface area contributed by atoms with Crippen LogP contribution in [0.25, 0.3) is 0 Å². The van der Waals surface area contributed by atoms with E-state index in [1.165, 1.54) is 0 Å². The largest absolute Gasteiger partial charge is 0.374 e. The third-order valence-corrected chi connectivity index (χ3v) is 7.47. The molecule has 4 aromatic rings. The van der Waals surface area contributed by atoms with Crippen molar-refractivity contribution in [2.75, 3.05) is 19.8 Å². The van der Waals surface area contributed by atoms with Crippen molar-refractivity contribution < 1.29 is 28.4 Å². The summed E-state index contributed by atoms with van der Waals surface area (Å²) < 4.78 is 39.1. The molecule has 1 aliphatic heterocycles. The van der Waals surface area contributed by atoms with Gasteiger partial charge in [0.1, 0.15) is 24.4 Å². The van der Waals surface area contributed by atoms with Crippen molar-refractivity contribution in [2.45, 2.75) is 63.6 Å². The molecular weight excluding hydrogens is 554 g/mol. The van der Waals surface area contributed by atoms with Crippen molar-refractivity contribution >= 4 is 0 Å². The Hall–Kier alpha value is -3.40.